The molecular weight excluding hydrogens is 208 g/mol. The average molecular weight is 220 g/mol. The lowest BCUT2D eigenvalue weighted by atomic mass is 10.2. The summed E-state index contributed by atoms with van der Waals surface area (Å²) in [5.74, 6) is -0.0429. The van der Waals surface area contributed by atoms with Gasteiger partial charge < -0.3 is 5.32 Å². The Morgan fingerprint density at radius 3 is 2.80 bits per heavy atom. The van der Waals surface area contributed by atoms with Crippen LogP contribution in [0, 0.1) is 13.8 Å². The lowest BCUT2D eigenvalue weighted by Crippen LogP contribution is -2.06. The van der Waals surface area contributed by atoms with Crippen molar-refractivity contribution in [1.29, 1.82) is 0 Å². The zero-order valence-corrected chi connectivity index (χ0v) is 9.73. The number of nitrogens with one attached hydrogen (secondary N) is 1. The molecule has 0 unspecified atom stereocenters. The van der Waals surface area contributed by atoms with Gasteiger partial charge in [-0.05, 0) is 31.5 Å². The van der Waals surface area contributed by atoms with Gasteiger partial charge in [-0.25, -0.2) is 4.98 Å². The number of aryl methyl sites for hydroxylation is 2. The molecule has 1 N–H and O–H groups in total. The number of thiazole rings is 1. The second-order valence-electron chi connectivity index (χ2n) is 3.55. The topological polar surface area (TPSA) is 42.0 Å². The summed E-state index contributed by atoms with van der Waals surface area (Å²) in [6.07, 6.45) is 0. The van der Waals surface area contributed by atoms with E-state index in [-0.39, 0.29) is 5.91 Å². The molecule has 78 valence electrons. The van der Waals surface area contributed by atoms with Gasteiger partial charge in [0, 0.05) is 12.6 Å². The molecule has 2 aromatic rings. The van der Waals surface area contributed by atoms with Crippen LogP contribution < -0.4 is 5.32 Å². The van der Waals surface area contributed by atoms with Crippen LogP contribution in [0.4, 0.5) is 5.69 Å². The van der Waals surface area contributed by atoms with Crippen molar-refractivity contribution in [2.75, 3.05) is 5.32 Å². The third kappa shape index (κ3) is 1.99. The molecule has 1 heterocycles. The van der Waals surface area contributed by atoms with Crippen LogP contribution in [0.2, 0.25) is 0 Å². The van der Waals surface area contributed by atoms with E-state index < -0.39 is 0 Å². The molecule has 0 atom stereocenters. The highest BCUT2D eigenvalue weighted by Crippen LogP contribution is 2.27. The summed E-state index contributed by atoms with van der Waals surface area (Å²) in [6.45, 7) is 5.47. The van der Waals surface area contributed by atoms with Crippen molar-refractivity contribution in [2.24, 2.45) is 0 Å². The predicted molar refractivity (Wildman–Crippen MR) is 63.4 cm³/mol. The molecule has 0 saturated carbocycles. The van der Waals surface area contributed by atoms with Gasteiger partial charge in [-0.1, -0.05) is 0 Å². The second-order valence-corrected chi connectivity index (χ2v) is 4.78. The maximum atomic E-state index is 11.0. The number of fused-ring (bicyclic) bond motifs is 1. The smallest absolute Gasteiger partial charge is 0.221 e. The zero-order valence-electron chi connectivity index (χ0n) is 8.92. The van der Waals surface area contributed by atoms with Crippen LogP contribution in [0.3, 0.4) is 0 Å². The number of amides is 1. The SMILES string of the molecule is CC(=O)Nc1cc2sc(C)nc2cc1C. The minimum absolute atomic E-state index is 0.0429. The van der Waals surface area contributed by atoms with Crippen LogP contribution in [0.25, 0.3) is 10.2 Å². The normalized spacial score (nSPS) is 10.6. The van der Waals surface area contributed by atoms with E-state index in [0.717, 1.165) is 26.5 Å². The molecule has 1 amide bonds. The first kappa shape index (κ1) is 10.1. The van der Waals surface area contributed by atoms with Crippen molar-refractivity contribution in [3.63, 3.8) is 0 Å². The largest absolute Gasteiger partial charge is 0.326 e. The summed E-state index contributed by atoms with van der Waals surface area (Å²) in [5.41, 5.74) is 2.92. The summed E-state index contributed by atoms with van der Waals surface area (Å²) in [7, 11) is 0. The number of aromatic nitrogens is 1. The van der Waals surface area contributed by atoms with Crippen LogP contribution >= 0.6 is 11.3 Å². The van der Waals surface area contributed by atoms with Gasteiger partial charge in [0.1, 0.15) is 0 Å². The highest BCUT2D eigenvalue weighted by atomic mass is 32.1. The van der Waals surface area contributed by atoms with Crippen molar-refractivity contribution < 1.29 is 4.79 Å². The molecule has 4 heteroatoms. The number of hydrogen-bond acceptors (Lipinski definition) is 3. The quantitative estimate of drug-likeness (QED) is 0.803. The summed E-state index contributed by atoms with van der Waals surface area (Å²) < 4.78 is 1.11. The van der Waals surface area contributed by atoms with Crippen molar-refractivity contribution in [2.45, 2.75) is 20.8 Å². The molecule has 15 heavy (non-hydrogen) atoms. The van der Waals surface area contributed by atoms with Gasteiger partial charge in [0.05, 0.1) is 15.2 Å². The molecule has 2 rings (SSSR count). The zero-order chi connectivity index (χ0) is 11.0. The Bertz CT molecular complexity index is 531. The second kappa shape index (κ2) is 3.62. The Kier molecular flexibility index (Phi) is 2.44. The lowest BCUT2D eigenvalue weighted by molar-refractivity contribution is -0.114. The Morgan fingerprint density at radius 2 is 2.13 bits per heavy atom. The first-order chi connectivity index (χ1) is 7.06. The Labute approximate surface area is 92.1 Å². The number of carbonyl (C=O) groups excluding carboxylic acids is 1. The minimum atomic E-state index is -0.0429. The third-order valence-electron chi connectivity index (χ3n) is 2.15. The van der Waals surface area contributed by atoms with Crippen LogP contribution in [0.1, 0.15) is 17.5 Å². The van der Waals surface area contributed by atoms with Crippen LogP contribution in [0.5, 0.6) is 0 Å². The molecule has 0 bridgehead atoms. The van der Waals surface area contributed by atoms with Gasteiger partial charge in [-0.3, -0.25) is 4.79 Å². The van der Waals surface area contributed by atoms with Crippen molar-refractivity contribution in [1.82, 2.24) is 4.98 Å². The number of benzene rings is 1. The van der Waals surface area contributed by atoms with E-state index >= 15 is 0 Å². The molecule has 0 fully saturated rings. The highest BCUT2D eigenvalue weighted by molar-refractivity contribution is 7.18. The maximum Gasteiger partial charge on any atom is 0.221 e. The van der Waals surface area contributed by atoms with Gasteiger partial charge >= 0.3 is 0 Å². The summed E-state index contributed by atoms with van der Waals surface area (Å²) in [6, 6.07) is 3.99. The fraction of sp³-hybridized carbons (Fsp3) is 0.273. The van der Waals surface area contributed by atoms with E-state index in [1.54, 1.807) is 11.3 Å². The van der Waals surface area contributed by atoms with E-state index in [1.165, 1.54) is 6.92 Å². The molecule has 0 aliphatic heterocycles. The van der Waals surface area contributed by atoms with E-state index in [0.29, 0.717) is 0 Å². The van der Waals surface area contributed by atoms with Crippen molar-refractivity contribution in [3.8, 4) is 0 Å². The Balaban J connectivity index is 2.55. The molecule has 1 aromatic heterocycles. The number of carbonyl (C=O) groups is 1. The first-order valence-electron chi connectivity index (χ1n) is 4.71. The molecule has 0 aliphatic carbocycles. The lowest BCUT2D eigenvalue weighted by Gasteiger charge is -2.05. The van der Waals surface area contributed by atoms with Crippen LogP contribution in [-0.2, 0) is 4.79 Å². The highest BCUT2D eigenvalue weighted by Gasteiger charge is 2.06. The molecule has 3 nitrogen and oxygen atoms in total. The summed E-state index contributed by atoms with van der Waals surface area (Å²) >= 11 is 1.64. The fourth-order valence-electron chi connectivity index (χ4n) is 1.52. The minimum Gasteiger partial charge on any atom is -0.326 e. The average Bonchev–Trinajstić information content (AvgIpc) is 2.44. The number of anilines is 1. The van der Waals surface area contributed by atoms with E-state index in [1.807, 2.05) is 26.0 Å². The number of rotatable bonds is 1. The number of hydrogen-bond donors (Lipinski definition) is 1. The molecule has 0 radical (unpaired) electrons. The van der Waals surface area contributed by atoms with Crippen LogP contribution in [-0.4, -0.2) is 10.9 Å². The van der Waals surface area contributed by atoms with E-state index in [2.05, 4.69) is 10.3 Å². The van der Waals surface area contributed by atoms with Crippen LogP contribution in [0.15, 0.2) is 12.1 Å². The van der Waals surface area contributed by atoms with E-state index in [4.69, 9.17) is 0 Å². The Hall–Kier alpha value is -1.42. The maximum absolute atomic E-state index is 11.0. The van der Waals surface area contributed by atoms with Gasteiger partial charge in [0.25, 0.3) is 0 Å². The molecule has 1 aromatic carbocycles. The summed E-state index contributed by atoms with van der Waals surface area (Å²) in [5, 5.41) is 3.86. The van der Waals surface area contributed by atoms with E-state index in [9.17, 15) is 4.79 Å². The predicted octanol–water partition coefficient (Wildman–Crippen LogP) is 2.87. The third-order valence-corrected chi connectivity index (χ3v) is 3.09. The Morgan fingerprint density at radius 1 is 1.40 bits per heavy atom. The molecule has 0 spiro atoms. The molecule has 0 aliphatic rings. The van der Waals surface area contributed by atoms with Gasteiger partial charge in [0.2, 0.25) is 5.91 Å². The van der Waals surface area contributed by atoms with Gasteiger partial charge in [-0.2, -0.15) is 0 Å². The fourth-order valence-corrected chi connectivity index (χ4v) is 2.37. The number of nitrogens with zero attached hydrogens (tertiary/aromatic N) is 1. The first-order valence-corrected chi connectivity index (χ1v) is 5.53. The van der Waals surface area contributed by atoms with Crippen molar-refractivity contribution in [3.05, 3.63) is 22.7 Å². The summed E-state index contributed by atoms with van der Waals surface area (Å²) in [4.78, 5) is 15.4. The van der Waals surface area contributed by atoms with Crippen molar-refractivity contribution >= 4 is 33.1 Å². The molecular formula is C11H12N2OS. The monoisotopic (exact) mass is 220 g/mol. The standard InChI is InChI=1S/C11H12N2OS/c1-6-4-10-11(15-8(3)13-10)5-9(6)12-7(2)14/h4-5H,1-3H3,(H,12,14). The van der Waals surface area contributed by atoms with Gasteiger partial charge in [0.15, 0.2) is 0 Å². The van der Waals surface area contributed by atoms with Gasteiger partial charge in [-0.15, -0.1) is 11.3 Å². The molecule has 0 saturated heterocycles.